The molecule has 1 aliphatic rings. The van der Waals surface area contributed by atoms with Gasteiger partial charge in [0.1, 0.15) is 11.4 Å². The van der Waals surface area contributed by atoms with Gasteiger partial charge in [-0.2, -0.15) is 0 Å². The van der Waals surface area contributed by atoms with Crippen LogP contribution in [-0.4, -0.2) is 15.8 Å². The van der Waals surface area contributed by atoms with Crippen LogP contribution in [0.25, 0.3) is 0 Å². The molecule has 0 saturated heterocycles. The van der Waals surface area contributed by atoms with Crippen LogP contribution in [0, 0.1) is 0 Å². The van der Waals surface area contributed by atoms with Crippen molar-refractivity contribution in [3.05, 3.63) is 29.3 Å². The van der Waals surface area contributed by atoms with Gasteiger partial charge in [-0.05, 0) is 38.5 Å². The lowest BCUT2D eigenvalue weighted by molar-refractivity contribution is 0.0113. The number of fused-ring (bicyclic) bond motifs is 1. The van der Waals surface area contributed by atoms with E-state index in [9.17, 15) is 10.2 Å². The van der Waals surface area contributed by atoms with Gasteiger partial charge >= 0.3 is 0 Å². The Morgan fingerprint density at radius 1 is 1.44 bits per heavy atom. The van der Waals surface area contributed by atoms with Gasteiger partial charge in [0.05, 0.1) is 12.2 Å². The fraction of sp³-hybridized carbons (Fsp3) is 0.538. The molecule has 1 aromatic carbocycles. The van der Waals surface area contributed by atoms with Crippen LogP contribution in [0.1, 0.15) is 50.5 Å². The molecular weight excluding hydrogens is 204 g/mol. The molecule has 0 aliphatic carbocycles. The molecule has 2 rings (SSSR count). The van der Waals surface area contributed by atoms with Crippen LogP contribution in [0.2, 0.25) is 0 Å². The van der Waals surface area contributed by atoms with Crippen molar-refractivity contribution in [1.29, 1.82) is 0 Å². The number of hydrogen-bond donors (Lipinski definition) is 2. The summed E-state index contributed by atoms with van der Waals surface area (Å²) in [4.78, 5) is 0. The Bertz CT molecular complexity index is 396. The van der Waals surface area contributed by atoms with E-state index >= 15 is 0 Å². The fourth-order valence-corrected chi connectivity index (χ4v) is 2.10. The maximum Gasteiger partial charge on any atom is 0.125 e. The average molecular weight is 222 g/mol. The zero-order valence-corrected chi connectivity index (χ0v) is 9.90. The maximum absolute atomic E-state index is 10.0. The first-order valence-corrected chi connectivity index (χ1v) is 5.58. The number of aliphatic hydroxyl groups excluding tert-OH is 2. The quantitative estimate of drug-likeness (QED) is 0.766. The van der Waals surface area contributed by atoms with Crippen molar-refractivity contribution in [2.24, 2.45) is 0 Å². The highest BCUT2D eigenvalue weighted by Crippen LogP contribution is 2.40. The number of hydrogen-bond acceptors (Lipinski definition) is 3. The van der Waals surface area contributed by atoms with Crippen LogP contribution in [0.4, 0.5) is 0 Å². The lowest BCUT2D eigenvalue weighted by atomic mass is 9.90. The molecule has 0 radical (unpaired) electrons. The monoisotopic (exact) mass is 222 g/mol. The van der Waals surface area contributed by atoms with Gasteiger partial charge in [0, 0.05) is 12.0 Å². The molecule has 0 saturated carbocycles. The van der Waals surface area contributed by atoms with Crippen molar-refractivity contribution in [3.8, 4) is 5.75 Å². The first-order chi connectivity index (χ1) is 7.39. The Morgan fingerprint density at radius 2 is 2.12 bits per heavy atom. The number of aliphatic hydroxyl groups is 2. The normalized spacial score (nSPS) is 24.4. The molecular formula is C13H18O3. The van der Waals surface area contributed by atoms with Crippen molar-refractivity contribution >= 4 is 0 Å². The lowest BCUT2D eigenvalue weighted by Gasteiger charge is -2.35. The summed E-state index contributed by atoms with van der Waals surface area (Å²) >= 11 is 0. The lowest BCUT2D eigenvalue weighted by Crippen LogP contribution is -2.34. The van der Waals surface area contributed by atoms with Gasteiger partial charge in [0.25, 0.3) is 0 Å². The van der Waals surface area contributed by atoms with Crippen molar-refractivity contribution in [3.63, 3.8) is 0 Å². The Balaban J connectivity index is 2.41. The standard InChI is InChI=1S/C13H18O3/c1-8(14)9-4-5-12-10(6-9)11(15)7-13(2,3)16-12/h4-6,8,11,14-15H,7H2,1-3H3. The van der Waals surface area contributed by atoms with E-state index in [4.69, 9.17) is 4.74 Å². The van der Waals surface area contributed by atoms with E-state index in [0.29, 0.717) is 12.2 Å². The Labute approximate surface area is 95.7 Å². The van der Waals surface area contributed by atoms with Crippen molar-refractivity contribution in [2.45, 2.75) is 45.0 Å². The predicted molar refractivity (Wildman–Crippen MR) is 61.4 cm³/mol. The highest BCUT2D eigenvalue weighted by molar-refractivity contribution is 5.41. The van der Waals surface area contributed by atoms with Gasteiger partial charge in [0.15, 0.2) is 0 Å². The van der Waals surface area contributed by atoms with Crippen molar-refractivity contribution in [2.75, 3.05) is 0 Å². The van der Waals surface area contributed by atoms with E-state index in [0.717, 1.165) is 11.1 Å². The molecule has 2 atom stereocenters. The second-order valence-corrected chi connectivity index (χ2v) is 5.05. The van der Waals surface area contributed by atoms with E-state index in [1.165, 1.54) is 0 Å². The molecule has 3 nitrogen and oxygen atoms in total. The zero-order valence-electron chi connectivity index (χ0n) is 9.90. The molecule has 2 N–H and O–H groups in total. The smallest absolute Gasteiger partial charge is 0.125 e. The van der Waals surface area contributed by atoms with Gasteiger partial charge < -0.3 is 14.9 Å². The van der Waals surface area contributed by atoms with E-state index in [1.54, 1.807) is 6.92 Å². The van der Waals surface area contributed by atoms with E-state index in [-0.39, 0.29) is 5.60 Å². The molecule has 0 spiro atoms. The van der Waals surface area contributed by atoms with Crippen LogP contribution < -0.4 is 4.74 Å². The predicted octanol–water partition coefficient (Wildman–Crippen LogP) is 2.33. The maximum atomic E-state index is 10.0. The van der Waals surface area contributed by atoms with Crippen LogP contribution in [0.3, 0.4) is 0 Å². The topological polar surface area (TPSA) is 49.7 Å². The molecule has 88 valence electrons. The number of benzene rings is 1. The first kappa shape index (κ1) is 11.4. The van der Waals surface area contributed by atoms with Crippen molar-refractivity contribution < 1.29 is 14.9 Å². The SMILES string of the molecule is CC(O)c1ccc2c(c1)C(O)CC(C)(C)O2. The molecule has 0 aromatic heterocycles. The zero-order chi connectivity index (χ0) is 11.9. The molecule has 0 fully saturated rings. The second kappa shape index (κ2) is 3.75. The molecule has 0 amide bonds. The first-order valence-electron chi connectivity index (χ1n) is 5.58. The highest BCUT2D eigenvalue weighted by atomic mass is 16.5. The summed E-state index contributed by atoms with van der Waals surface area (Å²) < 4.78 is 5.78. The summed E-state index contributed by atoms with van der Waals surface area (Å²) in [5.41, 5.74) is 1.25. The third-order valence-electron chi connectivity index (χ3n) is 2.95. The minimum atomic E-state index is -0.521. The second-order valence-electron chi connectivity index (χ2n) is 5.05. The van der Waals surface area contributed by atoms with Gasteiger partial charge in [-0.25, -0.2) is 0 Å². The largest absolute Gasteiger partial charge is 0.487 e. The van der Waals surface area contributed by atoms with Crippen molar-refractivity contribution in [1.82, 2.24) is 0 Å². The summed E-state index contributed by atoms with van der Waals surface area (Å²) in [6.07, 6.45) is -0.464. The molecule has 16 heavy (non-hydrogen) atoms. The molecule has 1 aliphatic heterocycles. The Hall–Kier alpha value is -1.06. The van der Waals surface area contributed by atoms with Crippen LogP contribution in [0.5, 0.6) is 5.75 Å². The summed E-state index contributed by atoms with van der Waals surface area (Å²) in [6, 6.07) is 5.47. The molecule has 1 heterocycles. The molecule has 2 unspecified atom stereocenters. The van der Waals surface area contributed by atoms with Crippen LogP contribution in [-0.2, 0) is 0 Å². The summed E-state index contributed by atoms with van der Waals surface area (Å²) in [5.74, 6) is 0.716. The Kier molecular flexibility index (Phi) is 2.68. The number of rotatable bonds is 1. The average Bonchev–Trinajstić information content (AvgIpc) is 2.15. The van der Waals surface area contributed by atoms with Crippen LogP contribution >= 0.6 is 0 Å². The third kappa shape index (κ3) is 2.06. The van der Waals surface area contributed by atoms with Gasteiger partial charge in [-0.15, -0.1) is 0 Å². The summed E-state index contributed by atoms with van der Waals surface area (Å²) in [5, 5.41) is 19.5. The molecule has 1 aromatic rings. The van der Waals surface area contributed by atoms with E-state index in [2.05, 4.69) is 0 Å². The van der Waals surface area contributed by atoms with Crippen LogP contribution in [0.15, 0.2) is 18.2 Å². The van der Waals surface area contributed by atoms with E-state index < -0.39 is 12.2 Å². The van der Waals surface area contributed by atoms with Gasteiger partial charge in [-0.3, -0.25) is 0 Å². The summed E-state index contributed by atoms with van der Waals surface area (Å²) in [6.45, 7) is 5.63. The third-order valence-corrected chi connectivity index (χ3v) is 2.95. The van der Waals surface area contributed by atoms with E-state index in [1.807, 2.05) is 32.0 Å². The summed E-state index contributed by atoms with van der Waals surface area (Å²) in [7, 11) is 0. The molecule has 0 bridgehead atoms. The van der Waals surface area contributed by atoms with Gasteiger partial charge in [0.2, 0.25) is 0 Å². The minimum Gasteiger partial charge on any atom is -0.487 e. The fourth-order valence-electron chi connectivity index (χ4n) is 2.10. The minimum absolute atomic E-state index is 0.335. The van der Waals surface area contributed by atoms with Gasteiger partial charge in [-0.1, -0.05) is 6.07 Å². The molecule has 3 heteroatoms. The number of ether oxygens (including phenoxy) is 1. The highest BCUT2D eigenvalue weighted by Gasteiger charge is 2.32. The Morgan fingerprint density at radius 3 is 2.75 bits per heavy atom.